The zero-order valence-corrected chi connectivity index (χ0v) is 10.5. The second-order valence-corrected chi connectivity index (χ2v) is 1.45. The van der Waals surface area contributed by atoms with Gasteiger partial charge in [-0.25, -0.2) is 0 Å². The number of aliphatic carboxylic acids is 2. The van der Waals surface area contributed by atoms with E-state index in [1.807, 2.05) is 0 Å². The van der Waals surface area contributed by atoms with Crippen LogP contribution in [0, 0.1) is 0 Å². The summed E-state index contributed by atoms with van der Waals surface area (Å²) in [5, 5.41) is 18.5. The van der Waals surface area contributed by atoms with Crippen LogP contribution in [0.15, 0.2) is 0 Å². The van der Waals surface area contributed by atoms with Crippen molar-refractivity contribution in [2.24, 2.45) is 0 Å². The van der Waals surface area contributed by atoms with Gasteiger partial charge < -0.3 is 36.2 Å². The fraction of sp³-hybridized carbons (Fsp3) is 0.667. The first-order chi connectivity index (χ1) is 4.54. The molecule has 0 saturated carbocycles. The van der Waals surface area contributed by atoms with Crippen molar-refractivity contribution < 1.29 is 36.2 Å². The van der Waals surface area contributed by atoms with Crippen LogP contribution in [0.25, 0.3) is 0 Å². The van der Waals surface area contributed by atoms with Gasteiger partial charge in [0.1, 0.15) is 0 Å². The van der Waals surface area contributed by atoms with E-state index in [-0.39, 0.29) is 67.0 Å². The minimum Gasteiger partial charge on any atom is -0.550 e. The van der Waals surface area contributed by atoms with Crippen LogP contribution in [0.5, 0.6) is 0 Å². The molecule has 0 heterocycles. The van der Waals surface area contributed by atoms with E-state index in [4.69, 9.17) is 0 Å². The van der Waals surface area contributed by atoms with Crippen LogP contribution in [-0.2, 0) is 9.59 Å². The fourth-order valence-electron chi connectivity index (χ4n) is 0. The predicted molar refractivity (Wildman–Crippen MR) is 47.2 cm³/mol. The van der Waals surface area contributed by atoms with Gasteiger partial charge >= 0.3 is 37.7 Å². The van der Waals surface area contributed by atoms with E-state index in [9.17, 15) is 19.8 Å². The molecule has 0 atom stereocenters. The predicted octanol–water partition coefficient (Wildman–Crippen LogP) is -4.56. The quantitative estimate of drug-likeness (QED) is 0.442. The summed E-state index contributed by atoms with van der Waals surface area (Å²) in [4.78, 5) is 18.5. The molecule has 0 aromatic heterocycles. The second-order valence-electron chi connectivity index (χ2n) is 1.45. The maximum absolute atomic E-state index is 9.26. The summed E-state index contributed by atoms with van der Waals surface area (Å²) >= 11 is 0. The average Bonchev–Trinajstić information content (AvgIpc) is 1.89. The number of hydrogen-bond acceptors (Lipinski definition) is 4. The van der Waals surface area contributed by atoms with E-state index in [1.165, 1.54) is 13.8 Å². The molecule has 0 rings (SSSR count). The van der Waals surface area contributed by atoms with E-state index >= 15 is 0 Å². The molecule has 0 unspecified atom stereocenters. The molecule has 0 fully saturated rings. The molecule has 8 heteroatoms. The van der Waals surface area contributed by atoms with Crippen molar-refractivity contribution in [1.82, 2.24) is 0 Å². The molecule has 0 aliphatic heterocycles. The SMILES string of the molecule is CCC(=O)[O-].CCC(=O)[O-].O.O.O.[Ca+2]. The first-order valence-corrected chi connectivity index (χ1v) is 2.94. The molecule has 0 aliphatic carbocycles. The van der Waals surface area contributed by atoms with Crippen LogP contribution in [-0.4, -0.2) is 66.1 Å². The first kappa shape index (κ1) is 36.9. The molecule has 0 aromatic rings. The Hall–Kier alpha value is 0.0797. The Morgan fingerprint density at radius 1 is 0.857 bits per heavy atom. The number of carbonyl (C=O) groups excluding carboxylic acids is 2. The Kier molecular flexibility index (Phi) is 77.1. The van der Waals surface area contributed by atoms with Gasteiger partial charge in [0.15, 0.2) is 0 Å². The van der Waals surface area contributed by atoms with Gasteiger partial charge in [-0.3, -0.25) is 0 Å². The molecule has 0 saturated heterocycles. The van der Waals surface area contributed by atoms with E-state index in [0.717, 1.165) is 0 Å². The van der Waals surface area contributed by atoms with Crippen molar-refractivity contribution >= 4 is 49.7 Å². The average molecular weight is 240 g/mol. The van der Waals surface area contributed by atoms with Gasteiger partial charge in [-0.2, -0.15) is 0 Å². The maximum Gasteiger partial charge on any atom is 2.00 e. The summed E-state index contributed by atoms with van der Waals surface area (Å²) in [5.41, 5.74) is 0. The Balaban J connectivity index is -0.0000000178. The van der Waals surface area contributed by atoms with Gasteiger partial charge in [0.25, 0.3) is 0 Å². The number of carboxylic acids is 2. The Bertz CT molecular complexity index is 103. The number of hydrogen-bond donors (Lipinski definition) is 0. The van der Waals surface area contributed by atoms with Crippen LogP contribution in [0.2, 0.25) is 0 Å². The van der Waals surface area contributed by atoms with Crippen molar-refractivity contribution in [2.75, 3.05) is 0 Å². The summed E-state index contributed by atoms with van der Waals surface area (Å²) < 4.78 is 0. The molecule has 0 aromatic carbocycles. The van der Waals surface area contributed by atoms with Crippen molar-refractivity contribution in [3.63, 3.8) is 0 Å². The van der Waals surface area contributed by atoms with E-state index in [1.54, 1.807) is 0 Å². The van der Waals surface area contributed by atoms with E-state index in [2.05, 4.69) is 0 Å². The monoisotopic (exact) mass is 240 g/mol. The third-order valence-electron chi connectivity index (χ3n) is 0.577. The summed E-state index contributed by atoms with van der Waals surface area (Å²) in [6.45, 7) is 3.07. The zero-order chi connectivity index (χ0) is 8.57. The summed E-state index contributed by atoms with van der Waals surface area (Å²) in [5.74, 6) is -1.99. The summed E-state index contributed by atoms with van der Waals surface area (Å²) in [6, 6.07) is 0. The molecule has 0 spiro atoms. The van der Waals surface area contributed by atoms with Crippen molar-refractivity contribution in [3.05, 3.63) is 0 Å². The number of rotatable bonds is 2. The Morgan fingerprint density at radius 2 is 0.929 bits per heavy atom. The minimum atomic E-state index is -0.995. The number of carbonyl (C=O) groups is 2. The zero-order valence-electron chi connectivity index (χ0n) is 8.25. The second kappa shape index (κ2) is 29.2. The van der Waals surface area contributed by atoms with E-state index < -0.39 is 11.9 Å². The van der Waals surface area contributed by atoms with Gasteiger partial charge in [-0.1, -0.05) is 13.8 Å². The molecule has 0 amide bonds. The van der Waals surface area contributed by atoms with Crippen LogP contribution in [0.1, 0.15) is 26.7 Å². The fourth-order valence-corrected chi connectivity index (χ4v) is 0. The van der Waals surface area contributed by atoms with Crippen molar-refractivity contribution in [3.8, 4) is 0 Å². The summed E-state index contributed by atoms with van der Waals surface area (Å²) in [6.07, 6.45) is 0.222. The molecule has 6 N–H and O–H groups in total. The van der Waals surface area contributed by atoms with Gasteiger partial charge in [-0.15, -0.1) is 0 Å². The standard InChI is InChI=1S/2C3H6O2.Ca.3H2O/c2*1-2-3(4)5;;;;/h2*2H2,1H3,(H,4,5);;3*1H2/q;;+2;;;/p-2. The Labute approximate surface area is 112 Å². The van der Waals surface area contributed by atoms with Gasteiger partial charge in [0.05, 0.1) is 0 Å². The van der Waals surface area contributed by atoms with Crippen LogP contribution in [0.4, 0.5) is 0 Å². The largest absolute Gasteiger partial charge is 2.00 e. The third-order valence-corrected chi connectivity index (χ3v) is 0.577. The summed E-state index contributed by atoms with van der Waals surface area (Å²) in [7, 11) is 0. The first-order valence-electron chi connectivity index (χ1n) is 2.94. The van der Waals surface area contributed by atoms with Crippen LogP contribution < -0.4 is 10.2 Å². The molecule has 0 aliphatic rings. The van der Waals surface area contributed by atoms with Gasteiger partial charge in [0.2, 0.25) is 0 Å². The van der Waals surface area contributed by atoms with E-state index in [0.29, 0.717) is 0 Å². The van der Waals surface area contributed by atoms with Crippen LogP contribution >= 0.6 is 0 Å². The van der Waals surface area contributed by atoms with Gasteiger partial charge in [0, 0.05) is 11.9 Å². The molecule has 14 heavy (non-hydrogen) atoms. The molecule has 7 nitrogen and oxygen atoms in total. The number of carboxylic acid groups (broad SMARTS) is 2. The topological polar surface area (TPSA) is 175 Å². The Morgan fingerprint density at radius 3 is 0.929 bits per heavy atom. The molecule has 0 radical (unpaired) electrons. The molecule has 84 valence electrons. The smallest absolute Gasteiger partial charge is 0.550 e. The third kappa shape index (κ3) is 89.1. The van der Waals surface area contributed by atoms with Gasteiger partial charge in [-0.05, 0) is 12.8 Å². The molecular weight excluding hydrogens is 224 g/mol. The normalized spacial score (nSPS) is 5.29. The minimum absolute atomic E-state index is 0. The maximum atomic E-state index is 9.26. The van der Waals surface area contributed by atoms with Crippen molar-refractivity contribution in [1.29, 1.82) is 0 Å². The van der Waals surface area contributed by atoms with Crippen LogP contribution in [0.3, 0.4) is 0 Å². The molecule has 0 bridgehead atoms. The van der Waals surface area contributed by atoms with Crippen molar-refractivity contribution in [2.45, 2.75) is 26.7 Å². The molecular formula is C6H16CaO7.